The maximum Gasteiger partial charge on any atom is 0.261 e. The van der Waals surface area contributed by atoms with E-state index in [1.165, 1.54) is 0 Å². The van der Waals surface area contributed by atoms with Crippen molar-refractivity contribution >= 4 is 5.91 Å². The van der Waals surface area contributed by atoms with Gasteiger partial charge >= 0.3 is 0 Å². The van der Waals surface area contributed by atoms with Crippen molar-refractivity contribution in [2.24, 2.45) is 0 Å². The van der Waals surface area contributed by atoms with E-state index in [0.29, 0.717) is 13.2 Å². The number of pyridine rings is 1. The van der Waals surface area contributed by atoms with Crippen molar-refractivity contribution in [3.8, 4) is 11.3 Å². The molecule has 0 bridgehead atoms. The lowest BCUT2D eigenvalue weighted by atomic mass is 10.1. The number of rotatable bonds is 6. The normalized spacial score (nSPS) is 13.8. The number of ether oxygens (including phenoxy) is 1. The Morgan fingerprint density at radius 3 is 2.71 bits per heavy atom. The zero-order valence-electron chi connectivity index (χ0n) is 14.0. The van der Waals surface area contributed by atoms with Crippen LogP contribution < -0.4 is 5.56 Å². The summed E-state index contributed by atoms with van der Waals surface area (Å²) in [5.41, 5.74) is 2.61. The van der Waals surface area contributed by atoms with Crippen LogP contribution in [0.4, 0.5) is 0 Å². The Kier molecular flexibility index (Phi) is 4.81. The Labute approximate surface area is 141 Å². The van der Waals surface area contributed by atoms with Gasteiger partial charge in [0.15, 0.2) is 0 Å². The number of hydrogen-bond acceptors (Lipinski definition) is 3. The summed E-state index contributed by atoms with van der Waals surface area (Å²) in [5.74, 6) is -0.216. The van der Waals surface area contributed by atoms with Gasteiger partial charge in [-0.15, -0.1) is 0 Å². The second-order valence-electron chi connectivity index (χ2n) is 6.21. The number of nitrogens with zero attached hydrogens (tertiary/aromatic N) is 1. The van der Waals surface area contributed by atoms with Gasteiger partial charge in [-0.25, -0.2) is 0 Å². The third-order valence-corrected chi connectivity index (χ3v) is 4.25. The largest absolute Gasteiger partial charge is 0.383 e. The number of H-pyrrole nitrogens is 1. The number of nitrogens with one attached hydrogen (secondary N) is 1. The summed E-state index contributed by atoms with van der Waals surface area (Å²) in [5, 5.41) is 0. The standard InChI is InChI=1S/C19H22N2O3/c1-13-4-3-5-14(12-13)17-9-8-16(18(22)20-17)19(23)21(10-11-24-2)15-6-7-15/h3-5,8-9,12,15H,6-7,10-11H2,1-2H3,(H,20,22). The first kappa shape index (κ1) is 16.5. The molecular weight excluding hydrogens is 304 g/mol. The zero-order valence-corrected chi connectivity index (χ0v) is 14.0. The van der Waals surface area contributed by atoms with Crippen molar-refractivity contribution < 1.29 is 9.53 Å². The van der Waals surface area contributed by atoms with E-state index < -0.39 is 0 Å². The van der Waals surface area contributed by atoms with Crippen LogP contribution in [0.2, 0.25) is 0 Å². The van der Waals surface area contributed by atoms with Crippen LogP contribution in [0.15, 0.2) is 41.2 Å². The number of methoxy groups -OCH3 is 1. The second-order valence-corrected chi connectivity index (χ2v) is 6.21. The van der Waals surface area contributed by atoms with Crippen LogP contribution in [-0.4, -0.2) is 42.1 Å². The minimum Gasteiger partial charge on any atom is -0.383 e. The monoisotopic (exact) mass is 326 g/mol. The van der Waals surface area contributed by atoms with Crippen LogP contribution in [0.5, 0.6) is 0 Å². The lowest BCUT2D eigenvalue weighted by Gasteiger charge is -2.21. The van der Waals surface area contributed by atoms with Crippen molar-refractivity contribution in [1.82, 2.24) is 9.88 Å². The van der Waals surface area contributed by atoms with Crippen LogP contribution in [-0.2, 0) is 4.74 Å². The summed E-state index contributed by atoms with van der Waals surface area (Å²) in [6.07, 6.45) is 1.99. The maximum absolute atomic E-state index is 12.7. The molecule has 1 heterocycles. The molecule has 1 saturated carbocycles. The number of hydrogen-bond donors (Lipinski definition) is 1. The molecule has 0 unspecified atom stereocenters. The first-order valence-electron chi connectivity index (χ1n) is 8.20. The number of carbonyl (C=O) groups is 1. The SMILES string of the molecule is COCCN(C(=O)c1ccc(-c2cccc(C)c2)[nH]c1=O)C1CC1. The minimum absolute atomic E-state index is 0.189. The van der Waals surface area contributed by atoms with Gasteiger partial charge in [-0.1, -0.05) is 23.8 Å². The minimum atomic E-state index is -0.345. The molecule has 0 aliphatic heterocycles. The quantitative estimate of drug-likeness (QED) is 0.887. The molecule has 0 radical (unpaired) electrons. The van der Waals surface area contributed by atoms with Crippen molar-refractivity contribution in [3.63, 3.8) is 0 Å². The van der Waals surface area contributed by atoms with Crippen molar-refractivity contribution in [2.75, 3.05) is 20.3 Å². The summed E-state index contributed by atoms with van der Waals surface area (Å²) in [6, 6.07) is 11.6. The highest BCUT2D eigenvalue weighted by Crippen LogP contribution is 2.27. The van der Waals surface area contributed by atoms with Gasteiger partial charge in [-0.3, -0.25) is 9.59 Å². The Morgan fingerprint density at radius 1 is 1.29 bits per heavy atom. The van der Waals surface area contributed by atoms with Crippen molar-refractivity contribution in [3.05, 3.63) is 57.9 Å². The molecular formula is C19H22N2O3. The van der Waals surface area contributed by atoms with Crippen LogP contribution in [0.25, 0.3) is 11.3 Å². The highest BCUT2D eigenvalue weighted by Gasteiger charge is 2.33. The molecule has 126 valence electrons. The Hall–Kier alpha value is -2.40. The van der Waals surface area contributed by atoms with E-state index in [1.54, 1.807) is 24.1 Å². The van der Waals surface area contributed by atoms with Gasteiger partial charge in [-0.2, -0.15) is 0 Å². The molecule has 5 nitrogen and oxygen atoms in total. The van der Waals surface area contributed by atoms with E-state index in [-0.39, 0.29) is 23.1 Å². The van der Waals surface area contributed by atoms with Gasteiger partial charge in [0.05, 0.1) is 6.61 Å². The molecule has 1 aliphatic rings. The van der Waals surface area contributed by atoms with Crippen LogP contribution >= 0.6 is 0 Å². The molecule has 5 heteroatoms. The number of amides is 1. The third kappa shape index (κ3) is 3.57. The molecule has 1 N–H and O–H groups in total. The van der Waals surface area contributed by atoms with E-state index in [4.69, 9.17) is 4.74 Å². The first-order valence-corrected chi connectivity index (χ1v) is 8.20. The van der Waals surface area contributed by atoms with E-state index in [0.717, 1.165) is 29.7 Å². The third-order valence-electron chi connectivity index (χ3n) is 4.25. The zero-order chi connectivity index (χ0) is 17.1. The molecule has 0 atom stereocenters. The summed E-state index contributed by atoms with van der Waals surface area (Å²) in [6.45, 7) is 2.99. The Morgan fingerprint density at radius 2 is 2.08 bits per heavy atom. The first-order chi connectivity index (χ1) is 11.6. The molecule has 3 rings (SSSR count). The average Bonchev–Trinajstić information content (AvgIpc) is 3.40. The van der Waals surface area contributed by atoms with E-state index in [9.17, 15) is 9.59 Å². The highest BCUT2D eigenvalue weighted by atomic mass is 16.5. The summed E-state index contributed by atoms with van der Waals surface area (Å²) in [4.78, 5) is 29.7. The summed E-state index contributed by atoms with van der Waals surface area (Å²) in [7, 11) is 1.61. The van der Waals surface area contributed by atoms with Gasteiger partial charge in [0.25, 0.3) is 11.5 Å². The molecule has 1 aromatic heterocycles. The maximum atomic E-state index is 12.7. The van der Waals surface area contributed by atoms with Gasteiger partial charge in [0.2, 0.25) is 0 Å². The van der Waals surface area contributed by atoms with E-state index >= 15 is 0 Å². The van der Waals surface area contributed by atoms with Crippen LogP contribution in [0.1, 0.15) is 28.8 Å². The molecule has 0 saturated heterocycles. The predicted octanol–water partition coefficient (Wildman–Crippen LogP) is 2.60. The molecule has 1 fully saturated rings. The Balaban J connectivity index is 1.86. The second kappa shape index (κ2) is 7.01. The van der Waals surface area contributed by atoms with Crippen molar-refractivity contribution in [1.29, 1.82) is 0 Å². The molecule has 1 aromatic carbocycles. The lowest BCUT2D eigenvalue weighted by Crippen LogP contribution is -2.38. The molecule has 1 amide bonds. The fourth-order valence-electron chi connectivity index (χ4n) is 2.80. The van der Waals surface area contributed by atoms with Gasteiger partial charge in [0.1, 0.15) is 5.56 Å². The fraction of sp³-hybridized carbons (Fsp3) is 0.368. The van der Waals surface area contributed by atoms with Gasteiger partial charge in [-0.05, 0) is 43.5 Å². The predicted molar refractivity (Wildman–Crippen MR) is 93.2 cm³/mol. The number of aromatic amines is 1. The lowest BCUT2D eigenvalue weighted by molar-refractivity contribution is 0.0678. The summed E-state index contributed by atoms with van der Waals surface area (Å²) < 4.78 is 5.07. The molecule has 2 aromatic rings. The molecule has 0 spiro atoms. The fourth-order valence-corrected chi connectivity index (χ4v) is 2.80. The number of carbonyl (C=O) groups excluding carboxylic acids is 1. The number of benzene rings is 1. The van der Waals surface area contributed by atoms with Crippen LogP contribution in [0, 0.1) is 6.92 Å². The van der Waals surface area contributed by atoms with Gasteiger partial charge < -0.3 is 14.6 Å². The Bertz CT molecular complexity index is 793. The molecule has 1 aliphatic carbocycles. The van der Waals surface area contributed by atoms with E-state index in [1.807, 2.05) is 31.2 Å². The number of aromatic nitrogens is 1. The smallest absolute Gasteiger partial charge is 0.261 e. The molecule has 24 heavy (non-hydrogen) atoms. The average molecular weight is 326 g/mol. The van der Waals surface area contributed by atoms with Gasteiger partial charge in [0, 0.05) is 25.4 Å². The highest BCUT2D eigenvalue weighted by molar-refractivity contribution is 5.94. The van der Waals surface area contributed by atoms with Crippen LogP contribution in [0.3, 0.4) is 0 Å². The topological polar surface area (TPSA) is 62.4 Å². The number of aryl methyl sites for hydroxylation is 1. The van der Waals surface area contributed by atoms with E-state index in [2.05, 4.69) is 4.98 Å². The van der Waals surface area contributed by atoms with Crippen molar-refractivity contribution in [2.45, 2.75) is 25.8 Å². The summed E-state index contributed by atoms with van der Waals surface area (Å²) >= 11 is 0.